The average Bonchev–Trinajstić information content (AvgIpc) is 3.08. The lowest BCUT2D eigenvalue weighted by molar-refractivity contribution is 0.0951. The van der Waals surface area contributed by atoms with Crippen molar-refractivity contribution >= 4 is 11.6 Å². The van der Waals surface area contributed by atoms with Gasteiger partial charge >= 0.3 is 0 Å². The highest BCUT2D eigenvalue weighted by atomic mass is 16.1. The molecule has 1 N–H and O–H groups in total. The van der Waals surface area contributed by atoms with E-state index in [-0.39, 0.29) is 5.91 Å². The maximum atomic E-state index is 12.0. The van der Waals surface area contributed by atoms with Gasteiger partial charge in [-0.15, -0.1) is 0 Å². The zero-order chi connectivity index (χ0) is 14.5. The average molecular weight is 280 g/mol. The van der Waals surface area contributed by atoms with E-state index in [1.54, 1.807) is 0 Å². The molecule has 2 aromatic rings. The molecule has 0 atom stereocenters. The van der Waals surface area contributed by atoms with Crippen LogP contribution in [0.2, 0.25) is 0 Å². The largest absolute Gasteiger partial charge is 0.372 e. The smallest absolute Gasteiger partial charge is 0.251 e. The van der Waals surface area contributed by atoms with Crippen molar-refractivity contribution < 1.29 is 4.79 Å². The Balaban J connectivity index is 1.57. The van der Waals surface area contributed by atoms with E-state index in [9.17, 15) is 4.79 Å². The summed E-state index contributed by atoms with van der Waals surface area (Å²) in [6.45, 7) is 2.88. The van der Waals surface area contributed by atoms with Gasteiger partial charge < -0.3 is 10.2 Å². The molecule has 0 unspecified atom stereocenters. The first kappa shape index (κ1) is 13.7. The van der Waals surface area contributed by atoms with Gasteiger partial charge in [0.05, 0.1) is 0 Å². The molecule has 0 aromatic heterocycles. The fourth-order valence-corrected chi connectivity index (χ4v) is 2.67. The Morgan fingerprint density at radius 2 is 1.62 bits per heavy atom. The molecule has 3 heteroatoms. The number of nitrogens with zero attached hydrogens (tertiary/aromatic N) is 1. The number of carbonyl (C=O) groups is 1. The van der Waals surface area contributed by atoms with Crippen LogP contribution >= 0.6 is 0 Å². The van der Waals surface area contributed by atoms with Gasteiger partial charge in [0, 0.05) is 30.9 Å². The van der Waals surface area contributed by atoms with Crippen molar-refractivity contribution in [2.75, 3.05) is 18.0 Å². The second-order valence-corrected chi connectivity index (χ2v) is 5.41. The third-order valence-corrected chi connectivity index (χ3v) is 3.90. The Kier molecular flexibility index (Phi) is 4.20. The SMILES string of the molecule is O=C(NCc1ccc(N2CCCC2)cc1)c1ccccc1. The number of rotatable bonds is 4. The third-order valence-electron chi connectivity index (χ3n) is 3.90. The van der Waals surface area contributed by atoms with Crippen LogP contribution in [0.25, 0.3) is 0 Å². The lowest BCUT2D eigenvalue weighted by Gasteiger charge is -2.17. The summed E-state index contributed by atoms with van der Waals surface area (Å²) in [5.74, 6) is -0.0285. The van der Waals surface area contributed by atoms with Crippen LogP contribution in [0.15, 0.2) is 54.6 Å². The van der Waals surface area contributed by atoms with Crippen molar-refractivity contribution in [3.05, 3.63) is 65.7 Å². The Labute approximate surface area is 125 Å². The minimum absolute atomic E-state index is 0.0285. The summed E-state index contributed by atoms with van der Waals surface area (Å²) >= 11 is 0. The van der Waals surface area contributed by atoms with Gasteiger partial charge in [0.2, 0.25) is 0 Å². The molecule has 1 heterocycles. The molecule has 108 valence electrons. The second kappa shape index (κ2) is 6.44. The summed E-state index contributed by atoms with van der Waals surface area (Å²) in [6, 6.07) is 17.8. The highest BCUT2D eigenvalue weighted by Crippen LogP contribution is 2.20. The first-order chi connectivity index (χ1) is 10.3. The Morgan fingerprint density at radius 3 is 2.29 bits per heavy atom. The standard InChI is InChI=1S/C18H20N2O/c21-18(16-6-2-1-3-7-16)19-14-15-8-10-17(11-9-15)20-12-4-5-13-20/h1-3,6-11H,4-5,12-14H2,(H,19,21). The first-order valence-corrected chi connectivity index (χ1v) is 7.50. The minimum atomic E-state index is -0.0285. The molecule has 0 spiro atoms. The molecular weight excluding hydrogens is 260 g/mol. The summed E-state index contributed by atoms with van der Waals surface area (Å²) in [6.07, 6.45) is 2.57. The van der Waals surface area contributed by atoms with Crippen molar-refractivity contribution in [2.24, 2.45) is 0 Å². The zero-order valence-electron chi connectivity index (χ0n) is 12.1. The van der Waals surface area contributed by atoms with Gasteiger partial charge in [-0.05, 0) is 42.7 Å². The summed E-state index contributed by atoms with van der Waals surface area (Å²) in [5.41, 5.74) is 3.11. The predicted octanol–water partition coefficient (Wildman–Crippen LogP) is 3.22. The lowest BCUT2D eigenvalue weighted by atomic mass is 10.1. The number of benzene rings is 2. The fourth-order valence-electron chi connectivity index (χ4n) is 2.67. The van der Waals surface area contributed by atoms with E-state index in [0.717, 1.165) is 18.7 Å². The van der Waals surface area contributed by atoms with Crippen molar-refractivity contribution in [2.45, 2.75) is 19.4 Å². The van der Waals surface area contributed by atoms with Crippen LogP contribution in [0.1, 0.15) is 28.8 Å². The fraction of sp³-hybridized carbons (Fsp3) is 0.278. The molecule has 3 rings (SSSR count). The first-order valence-electron chi connectivity index (χ1n) is 7.50. The molecule has 1 fully saturated rings. The molecule has 1 amide bonds. The van der Waals surface area contributed by atoms with Crippen LogP contribution in [-0.2, 0) is 6.54 Å². The summed E-state index contributed by atoms with van der Waals surface area (Å²) in [5, 5.41) is 2.95. The van der Waals surface area contributed by atoms with Crippen LogP contribution in [-0.4, -0.2) is 19.0 Å². The molecular formula is C18H20N2O. The van der Waals surface area contributed by atoms with Crippen LogP contribution in [0.4, 0.5) is 5.69 Å². The summed E-state index contributed by atoms with van der Waals surface area (Å²) in [4.78, 5) is 14.4. The number of anilines is 1. The van der Waals surface area contributed by atoms with Crippen molar-refractivity contribution in [3.63, 3.8) is 0 Å². The van der Waals surface area contributed by atoms with E-state index >= 15 is 0 Å². The highest BCUT2D eigenvalue weighted by Gasteiger charge is 2.11. The maximum absolute atomic E-state index is 12.0. The zero-order valence-corrected chi connectivity index (χ0v) is 12.1. The van der Waals surface area contributed by atoms with E-state index in [4.69, 9.17) is 0 Å². The predicted molar refractivity (Wildman–Crippen MR) is 85.5 cm³/mol. The molecule has 0 aliphatic carbocycles. The number of nitrogens with one attached hydrogen (secondary N) is 1. The van der Waals surface area contributed by atoms with E-state index in [1.807, 2.05) is 30.3 Å². The summed E-state index contributed by atoms with van der Waals surface area (Å²) in [7, 11) is 0. The van der Waals surface area contributed by atoms with Gasteiger partial charge in [0.15, 0.2) is 0 Å². The van der Waals surface area contributed by atoms with E-state index in [2.05, 4.69) is 34.5 Å². The quantitative estimate of drug-likeness (QED) is 0.932. The number of amides is 1. The van der Waals surface area contributed by atoms with Gasteiger partial charge in [-0.3, -0.25) is 4.79 Å². The topological polar surface area (TPSA) is 32.3 Å². The number of hydrogen-bond donors (Lipinski definition) is 1. The van der Waals surface area contributed by atoms with Crippen LogP contribution in [0, 0.1) is 0 Å². The second-order valence-electron chi connectivity index (χ2n) is 5.41. The molecule has 0 radical (unpaired) electrons. The Bertz CT molecular complexity index is 586. The van der Waals surface area contributed by atoms with E-state index in [1.165, 1.54) is 18.5 Å². The van der Waals surface area contributed by atoms with Crippen LogP contribution in [0.5, 0.6) is 0 Å². The minimum Gasteiger partial charge on any atom is -0.372 e. The normalized spacial score (nSPS) is 14.2. The Morgan fingerprint density at radius 1 is 0.952 bits per heavy atom. The number of carbonyl (C=O) groups excluding carboxylic acids is 1. The highest BCUT2D eigenvalue weighted by molar-refractivity contribution is 5.94. The van der Waals surface area contributed by atoms with Crippen molar-refractivity contribution in [3.8, 4) is 0 Å². The molecule has 21 heavy (non-hydrogen) atoms. The van der Waals surface area contributed by atoms with Crippen molar-refractivity contribution in [1.82, 2.24) is 5.32 Å². The number of hydrogen-bond acceptors (Lipinski definition) is 2. The molecule has 0 bridgehead atoms. The van der Waals surface area contributed by atoms with Crippen LogP contribution < -0.4 is 10.2 Å². The Hall–Kier alpha value is -2.29. The maximum Gasteiger partial charge on any atom is 0.251 e. The van der Waals surface area contributed by atoms with Gasteiger partial charge in [-0.1, -0.05) is 30.3 Å². The van der Waals surface area contributed by atoms with Gasteiger partial charge in [-0.2, -0.15) is 0 Å². The molecule has 2 aromatic carbocycles. The molecule has 3 nitrogen and oxygen atoms in total. The van der Waals surface area contributed by atoms with E-state index in [0.29, 0.717) is 12.1 Å². The third kappa shape index (κ3) is 3.43. The molecule has 1 saturated heterocycles. The van der Waals surface area contributed by atoms with Gasteiger partial charge in [0.1, 0.15) is 0 Å². The summed E-state index contributed by atoms with van der Waals surface area (Å²) < 4.78 is 0. The van der Waals surface area contributed by atoms with Crippen LogP contribution in [0.3, 0.4) is 0 Å². The monoisotopic (exact) mass is 280 g/mol. The van der Waals surface area contributed by atoms with E-state index < -0.39 is 0 Å². The molecule has 0 saturated carbocycles. The van der Waals surface area contributed by atoms with Crippen molar-refractivity contribution in [1.29, 1.82) is 0 Å². The molecule has 1 aliphatic rings. The van der Waals surface area contributed by atoms with Gasteiger partial charge in [0.25, 0.3) is 5.91 Å². The lowest BCUT2D eigenvalue weighted by Crippen LogP contribution is -2.22. The van der Waals surface area contributed by atoms with Gasteiger partial charge in [-0.25, -0.2) is 0 Å². The molecule has 1 aliphatic heterocycles.